The zero-order valence-electron chi connectivity index (χ0n) is 11.6. The van der Waals surface area contributed by atoms with Gasteiger partial charge in [-0.1, -0.05) is 29.8 Å². The molecule has 0 amide bonds. The van der Waals surface area contributed by atoms with Gasteiger partial charge < -0.3 is 5.73 Å². The molecule has 0 unspecified atom stereocenters. The number of rotatable bonds is 3. The molecule has 0 spiro atoms. The van der Waals surface area contributed by atoms with Crippen LogP contribution >= 0.6 is 22.9 Å². The lowest BCUT2D eigenvalue weighted by Crippen LogP contribution is -1.89. The summed E-state index contributed by atoms with van der Waals surface area (Å²) >= 11 is 7.74. The number of benzene rings is 2. The highest BCUT2D eigenvalue weighted by Crippen LogP contribution is 2.27. The van der Waals surface area contributed by atoms with E-state index in [0.29, 0.717) is 0 Å². The van der Waals surface area contributed by atoms with Gasteiger partial charge in [0.25, 0.3) is 0 Å². The monoisotopic (exact) mass is 314 g/mol. The highest BCUT2D eigenvalue weighted by molar-refractivity contribution is 7.10. The smallest absolute Gasteiger partial charge is 0.0976 e. The zero-order chi connectivity index (χ0) is 14.8. The van der Waals surface area contributed by atoms with Gasteiger partial charge in [-0.15, -0.1) is 11.3 Å². The normalized spacial score (nSPS) is 10.8. The number of thiazole rings is 1. The molecule has 3 rings (SSSR count). The highest BCUT2D eigenvalue weighted by Gasteiger charge is 2.07. The largest absolute Gasteiger partial charge is 0.399 e. The van der Waals surface area contributed by atoms with Crippen molar-refractivity contribution in [3.05, 3.63) is 69.0 Å². The summed E-state index contributed by atoms with van der Waals surface area (Å²) in [6.45, 7) is 2.01. The fourth-order valence-corrected chi connectivity index (χ4v) is 3.09. The van der Waals surface area contributed by atoms with Gasteiger partial charge in [-0.25, -0.2) is 4.98 Å². The molecule has 0 bridgehead atoms. The average molecular weight is 315 g/mol. The molecular weight excluding hydrogens is 300 g/mol. The second-order valence-electron chi connectivity index (χ2n) is 5.01. The fraction of sp³-hybridized carbons (Fsp3) is 0.118. The second-order valence-corrected chi connectivity index (χ2v) is 6.36. The minimum Gasteiger partial charge on any atom is -0.399 e. The predicted octanol–water partition coefficient (Wildman–Crippen LogP) is 4.94. The van der Waals surface area contributed by atoms with Gasteiger partial charge in [0.2, 0.25) is 0 Å². The molecule has 0 aliphatic rings. The van der Waals surface area contributed by atoms with Gasteiger partial charge in [0.05, 0.1) is 10.7 Å². The number of hydrogen-bond donors (Lipinski definition) is 1. The maximum Gasteiger partial charge on any atom is 0.0976 e. The van der Waals surface area contributed by atoms with E-state index in [2.05, 4.69) is 11.4 Å². The van der Waals surface area contributed by atoms with Gasteiger partial charge >= 0.3 is 0 Å². The van der Waals surface area contributed by atoms with Crippen molar-refractivity contribution in [2.45, 2.75) is 13.3 Å². The lowest BCUT2D eigenvalue weighted by Gasteiger charge is -2.01. The van der Waals surface area contributed by atoms with E-state index >= 15 is 0 Å². The van der Waals surface area contributed by atoms with Crippen molar-refractivity contribution in [3.8, 4) is 11.3 Å². The summed E-state index contributed by atoms with van der Waals surface area (Å²) in [5, 5.41) is 3.98. The number of nitrogens with two attached hydrogens (primary N) is 1. The summed E-state index contributed by atoms with van der Waals surface area (Å²) in [6, 6.07) is 13.9. The Morgan fingerprint density at radius 3 is 2.62 bits per heavy atom. The number of nitrogen functional groups attached to an aromatic ring is 1. The van der Waals surface area contributed by atoms with Crippen LogP contribution in [0.1, 0.15) is 16.1 Å². The number of aryl methyl sites for hydroxylation is 1. The molecule has 0 fully saturated rings. The minimum absolute atomic E-state index is 0.787. The Bertz CT molecular complexity index is 763. The Hall–Kier alpha value is -1.84. The van der Waals surface area contributed by atoms with E-state index in [1.807, 2.05) is 43.3 Å². The first-order valence-electron chi connectivity index (χ1n) is 6.67. The third-order valence-electron chi connectivity index (χ3n) is 3.34. The quantitative estimate of drug-likeness (QED) is 0.695. The molecule has 21 heavy (non-hydrogen) atoms. The molecule has 0 aliphatic heterocycles. The van der Waals surface area contributed by atoms with E-state index in [4.69, 9.17) is 22.3 Å². The zero-order valence-corrected chi connectivity index (χ0v) is 13.2. The van der Waals surface area contributed by atoms with Crippen LogP contribution < -0.4 is 5.73 Å². The van der Waals surface area contributed by atoms with Crippen molar-refractivity contribution in [2.75, 3.05) is 5.73 Å². The maximum absolute atomic E-state index is 6.07. The van der Waals surface area contributed by atoms with Crippen LogP contribution in [0.15, 0.2) is 47.8 Å². The van der Waals surface area contributed by atoms with Gasteiger partial charge in [-0.2, -0.15) is 0 Å². The Kier molecular flexibility index (Phi) is 3.95. The molecule has 4 heteroatoms. The first-order valence-corrected chi connectivity index (χ1v) is 7.93. The van der Waals surface area contributed by atoms with E-state index in [9.17, 15) is 0 Å². The summed E-state index contributed by atoms with van der Waals surface area (Å²) in [4.78, 5) is 4.71. The van der Waals surface area contributed by atoms with Crippen molar-refractivity contribution >= 4 is 28.6 Å². The Morgan fingerprint density at radius 1 is 1.14 bits per heavy atom. The standard InChI is InChI=1S/C17H15ClN2S/c1-11-8-13(4-7-15(11)18)16-10-21-17(20-16)9-12-2-5-14(19)6-3-12/h2-8,10H,9,19H2,1H3. The van der Waals surface area contributed by atoms with Crippen LogP contribution in [0.3, 0.4) is 0 Å². The molecule has 3 aromatic rings. The molecule has 1 heterocycles. The average Bonchev–Trinajstić information content (AvgIpc) is 2.93. The van der Waals surface area contributed by atoms with E-state index in [1.165, 1.54) is 5.56 Å². The summed E-state index contributed by atoms with van der Waals surface area (Å²) < 4.78 is 0. The first-order chi connectivity index (χ1) is 10.1. The molecular formula is C17H15ClN2S. The van der Waals surface area contributed by atoms with Crippen LogP contribution in [-0.4, -0.2) is 4.98 Å². The summed E-state index contributed by atoms with van der Waals surface area (Å²) in [5.74, 6) is 0. The van der Waals surface area contributed by atoms with Crippen LogP contribution in [0.2, 0.25) is 5.02 Å². The van der Waals surface area contributed by atoms with Crippen LogP contribution in [-0.2, 0) is 6.42 Å². The van der Waals surface area contributed by atoms with E-state index < -0.39 is 0 Å². The maximum atomic E-state index is 6.07. The van der Waals surface area contributed by atoms with Crippen molar-refractivity contribution in [2.24, 2.45) is 0 Å². The van der Waals surface area contributed by atoms with Gasteiger partial charge in [0, 0.05) is 28.1 Å². The number of halogens is 1. The Morgan fingerprint density at radius 2 is 1.90 bits per heavy atom. The van der Waals surface area contributed by atoms with E-state index in [0.717, 1.165) is 39.0 Å². The molecule has 0 saturated carbocycles. The molecule has 0 radical (unpaired) electrons. The summed E-state index contributed by atoms with van der Waals surface area (Å²) in [5.41, 5.74) is 10.9. The van der Waals surface area contributed by atoms with Crippen molar-refractivity contribution in [1.82, 2.24) is 4.98 Å². The second kappa shape index (κ2) is 5.88. The SMILES string of the molecule is Cc1cc(-c2csc(Cc3ccc(N)cc3)n2)ccc1Cl. The van der Waals surface area contributed by atoms with Crippen molar-refractivity contribution in [3.63, 3.8) is 0 Å². The molecule has 2 nitrogen and oxygen atoms in total. The molecule has 106 valence electrons. The lowest BCUT2D eigenvalue weighted by molar-refractivity contribution is 1.14. The lowest BCUT2D eigenvalue weighted by atomic mass is 10.1. The first kappa shape index (κ1) is 14.1. The molecule has 2 N–H and O–H groups in total. The van der Waals surface area contributed by atoms with E-state index in [-0.39, 0.29) is 0 Å². The number of anilines is 1. The Balaban J connectivity index is 1.82. The summed E-state index contributed by atoms with van der Waals surface area (Å²) in [7, 11) is 0. The molecule has 0 aliphatic carbocycles. The number of aromatic nitrogens is 1. The van der Waals surface area contributed by atoms with Crippen LogP contribution in [0.4, 0.5) is 5.69 Å². The number of hydrogen-bond acceptors (Lipinski definition) is 3. The van der Waals surface area contributed by atoms with Crippen LogP contribution in [0, 0.1) is 6.92 Å². The van der Waals surface area contributed by atoms with Crippen LogP contribution in [0.25, 0.3) is 11.3 Å². The topological polar surface area (TPSA) is 38.9 Å². The number of nitrogens with zero attached hydrogens (tertiary/aromatic N) is 1. The minimum atomic E-state index is 0.787. The third-order valence-corrected chi connectivity index (χ3v) is 4.61. The van der Waals surface area contributed by atoms with Gasteiger partial charge in [0.1, 0.15) is 0 Å². The highest BCUT2D eigenvalue weighted by atomic mass is 35.5. The molecule has 2 aromatic carbocycles. The van der Waals surface area contributed by atoms with Crippen LogP contribution in [0.5, 0.6) is 0 Å². The predicted molar refractivity (Wildman–Crippen MR) is 91.0 cm³/mol. The Labute approximate surface area is 133 Å². The van der Waals surface area contributed by atoms with Crippen molar-refractivity contribution in [1.29, 1.82) is 0 Å². The van der Waals surface area contributed by atoms with Gasteiger partial charge in [0.15, 0.2) is 0 Å². The molecule has 0 atom stereocenters. The third kappa shape index (κ3) is 3.26. The van der Waals surface area contributed by atoms with Gasteiger partial charge in [-0.05, 0) is 42.3 Å². The van der Waals surface area contributed by atoms with Gasteiger partial charge in [-0.3, -0.25) is 0 Å². The fourth-order valence-electron chi connectivity index (χ4n) is 2.14. The van der Waals surface area contributed by atoms with E-state index in [1.54, 1.807) is 11.3 Å². The molecule has 1 aromatic heterocycles. The summed E-state index contributed by atoms with van der Waals surface area (Å²) in [6.07, 6.45) is 0.831. The van der Waals surface area contributed by atoms with Crippen molar-refractivity contribution < 1.29 is 0 Å². The molecule has 0 saturated heterocycles.